The summed E-state index contributed by atoms with van der Waals surface area (Å²) in [7, 11) is 0. The molecule has 2 aliphatic rings. The van der Waals surface area contributed by atoms with Gasteiger partial charge in [0.1, 0.15) is 5.75 Å². The van der Waals surface area contributed by atoms with Gasteiger partial charge in [-0.25, -0.2) is 0 Å². The van der Waals surface area contributed by atoms with E-state index in [0.717, 1.165) is 31.7 Å². The van der Waals surface area contributed by atoms with Crippen molar-refractivity contribution >= 4 is 5.69 Å². The topological polar surface area (TPSA) is 21.3 Å². The van der Waals surface area contributed by atoms with Gasteiger partial charge in [-0.05, 0) is 29.7 Å². The molecule has 0 aliphatic carbocycles. The first-order chi connectivity index (χ1) is 5.93. The highest BCUT2D eigenvalue weighted by molar-refractivity contribution is 5.61. The maximum Gasteiger partial charge on any atom is 0.123 e. The molecular weight excluding hydrogens is 150 g/mol. The fourth-order valence-corrected chi connectivity index (χ4v) is 1.97. The van der Waals surface area contributed by atoms with Gasteiger partial charge in [0.15, 0.2) is 0 Å². The van der Waals surface area contributed by atoms with Gasteiger partial charge in [-0.3, -0.25) is 0 Å². The molecule has 0 saturated heterocycles. The van der Waals surface area contributed by atoms with Crippen LogP contribution in [0.15, 0.2) is 12.1 Å². The lowest BCUT2D eigenvalue weighted by Gasteiger charge is -2.02. The second-order valence-corrected chi connectivity index (χ2v) is 3.39. The van der Waals surface area contributed by atoms with Crippen LogP contribution >= 0.6 is 0 Å². The Kier molecular flexibility index (Phi) is 1.14. The minimum Gasteiger partial charge on any atom is -0.493 e. The lowest BCUT2D eigenvalue weighted by Crippen LogP contribution is -1.91. The highest BCUT2D eigenvalue weighted by Crippen LogP contribution is 2.33. The summed E-state index contributed by atoms with van der Waals surface area (Å²) in [5.74, 6) is 1.11. The maximum atomic E-state index is 5.50. The van der Waals surface area contributed by atoms with Gasteiger partial charge in [0.25, 0.3) is 0 Å². The zero-order valence-corrected chi connectivity index (χ0v) is 6.89. The maximum absolute atomic E-state index is 5.50. The molecule has 0 fully saturated rings. The van der Waals surface area contributed by atoms with E-state index in [4.69, 9.17) is 4.74 Å². The summed E-state index contributed by atoms with van der Waals surface area (Å²) in [5, 5.41) is 3.37. The number of hydrogen-bond donors (Lipinski definition) is 1. The van der Waals surface area contributed by atoms with Crippen molar-refractivity contribution in [2.24, 2.45) is 0 Å². The highest BCUT2D eigenvalue weighted by Gasteiger charge is 2.18. The molecule has 2 heterocycles. The summed E-state index contributed by atoms with van der Waals surface area (Å²) in [6, 6.07) is 4.43. The second kappa shape index (κ2) is 2.16. The summed E-state index contributed by atoms with van der Waals surface area (Å²) < 4.78 is 5.50. The van der Waals surface area contributed by atoms with Crippen molar-refractivity contribution < 1.29 is 4.74 Å². The van der Waals surface area contributed by atoms with Crippen LogP contribution in [0.3, 0.4) is 0 Å². The Bertz CT molecular complexity index is 273. The summed E-state index contributed by atoms with van der Waals surface area (Å²) >= 11 is 0. The molecular formula is C10H11NO. The van der Waals surface area contributed by atoms with Gasteiger partial charge in [-0.1, -0.05) is 0 Å². The van der Waals surface area contributed by atoms with Crippen molar-refractivity contribution in [3.63, 3.8) is 0 Å². The van der Waals surface area contributed by atoms with E-state index in [1.807, 2.05) is 0 Å². The minimum absolute atomic E-state index is 0.859. The number of anilines is 1. The van der Waals surface area contributed by atoms with Crippen molar-refractivity contribution in [2.75, 3.05) is 18.5 Å². The molecule has 0 amide bonds. The third kappa shape index (κ3) is 0.750. The smallest absolute Gasteiger partial charge is 0.123 e. The molecule has 1 aromatic rings. The molecule has 12 heavy (non-hydrogen) atoms. The fourth-order valence-electron chi connectivity index (χ4n) is 1.97. The van der Waals surface area contributed by atoms with Gasteiger partial charge in [0.05, 0.1) is 6.61 Å². The molecule has 2 nitrogen and oxygen atoms in total. The predicted octanol–water partition coefficient (Wildman–Crippen LogP) is 1.59. The van der Waals surface area contributed by atoms with Gasteiger partial charge < -0.3 is 10.1 Å². The lowest BCUT2D eigenvalue weighted by atomic mass is 10.1. The van der Waals surface area contributed by atoms with E-state index >= 15 is 0 Å². The van der Waals surface area contributed by atoms with Crippen LogP contribution in [0.2, 0.25) is 0 Å². The number of ether oxygens (including phenoxy) is 1. The molecule has 0 radical (unpaired) electrons. The third-order valence-corrected chi connectivity index (χ3v) is 2.63. The van der Waals surface area contributed by atoms with Crippen LogP contribution in [-0.2, 0) is 12.8 Å². The Morgan fingerprint density at radius 3 is 3.17 bits per heavy atom. The van der Waals surface area contributed by atoms with E-state index in [1.54, 1.807) is 0 Å². The van der Waals surface area contributed by atoms with Gasteiger partial charge in [-0.15, -0.1) is 0 Å². The average Bonchev–Trinajstić information content (AvgIpc) is 2.64. The van der Waals surface area contributed by atoms with Gasteiger partial charge in [0, 0.05) is 18.7 Å². The molecule has 1 aromatic carbocycles. The van der Waals surface area contributed by atoms with Crippen LogP contribution < -0.4 is 10.1 Å². The first kappa shape index (κ1) is 6.35. The fraction of sp³-hybridized carbons (Fsp3) is 0.400. The van der Waals surface area contributed by atoms with Crippen molar-refractivity contribution in [2.45, 2.75) is 12.8 Å². The summed E-state index contributed by atoms with van der Waals surface area (Å²) in [6.07, 6.45) is 2.22. The van der Waals surface area contributed by atoms with E-state index in [-0.39, 0.29) is 0 Å². The lowest BCUT2D eigenvalue weighted by molar-refractivity contribution is 0.356. The highest BCUT2D eigenvalue weighted by atomic mass is 16.5. The van der Waals surface area contributed by atoms with Crippen LogP contribution in [0.5, 0.6) is 5.75 Å². The van der Waals surface area contributed by atoms with E-state index in [2.05, 4.69) is 17.4 Å². The number of nitrogens with one attached hydrogen (secondary N) is 1. The van der Waals surface area contributed by atoms with Crippen LogP contribution in [0.4, 0.5) is 5.69 Å². The quantitative estimate of drug-likeness (QED) is 0.624. The largest absolute Gasteiger partial charge is 0.493 e. The molecule has 0 aromatic heterocycles. The number of hydrogen-bond acceptors (Lipinski definition) is 2. The zero-order chi connectivity index (χ0) is 7.97. The zero-order valence-electron chi connectivity index (χ0n) is 6.89. The van der Waals surface area contributed by atoms with Crippen LogP contribution in [0.1, 0.15) is 11.1 Å². The molecule has 62 valence electrons. The van der Waals surface area contributed by atoms with Gasteiger partial charge in [-0.2, -0.15) is 0 Å². The number of rotatable bonds is 0. The van der Waals surface area contributed by atoms with Crippen LogP contribution in [-0.4, -0.2) is 13.2 Å². The van der Waals surface area contributed by atoms with E-state index in [9.17, 15) is 0 Å². The molecule has 3 rings (SSSR count). The Morgan fingerprint density at radius 1 is 1.17 bits per heavy atom. The summed E-state index contributed by atoms with van der Waals surface area (Å²) in [5.41, 5.74) is 4.10. The predicted molar refractivity (Wildman–Crippen MR) is 47.8 cm³/mol. The number of benzene rings is 1. The van der Waals surface area contributed by atoms with Gasteiger partial charge >= 0.3 is 0 Å². The SMILES string of the molecule is c1c2c(cc3c1NCC3)OCC2. The third-order valence-electron chi connectivity index (χ3n) is 2.63. The standard InChI is InChI=1S/C10H11NO/c1-3-11-9-5-8-2-4-12-10(8)6-7(1)9/h5-6,11H,1-4H2. The minimum atomic E-state index is 0.859. The molecule has 1 N–H and O–H groups in total. The first-order valence-corrected chi connectivity index (χ1v) is 4.46. The Morgan fingerprint density at radius 2 is 2.17 bits per heavy atom. The Labute approximate surface area is 71.5 Å². The summed E-state index contributed by atoms with van der Waals surface area (Å²) in [6.45, 7) is 1.94. The van der Waals surface area contributed by atoms with Crippen molar-refractivity contribution in [3.8, 4) is 5.75 Å². The second-order valence-electron chi connectivity index (χ2n) is 3.39. The van der Waals surface area contributed by atoms with Crippen molar-refractivity contribution in [1.29, 1.82) is 0 Å². The van der Waals surface area contributed by atoms with Gasteiger partial charge in [0.2, 0.25) is 0 Å². The van der Waals surface area contributed by atoms with Crippen molar-refractivity contribution in [1.82, 2.24) is 0 Å². The monoisotopic (exact) mass is 161 g/mol. The van der Waals surface area contributed by atoms with Crippen molar-refractivity contribution in [3.05, 3.63) is 23.3 Å². The van der Waals surface area contributed by atoms with E-state index < -0.39 is 0 Å². The molecule has 0 bridgehead atoms. The Balaban J connectivity index is 2.18. The normalized spacial score (nSPS) is 18.0. The van der Waals surface area contributed by atoms with E-state index in [1.165, 1.54) is 16.8 Å². The summed E-state index contributed by atoms with van der Waals surface area (Å²) in [4.78, 5) is 0. The van der Waals surface area contributed by atoms with Crippen LogP contribution in [0.25, 0.3) is 0 Å². The molecule has 0 saturated carbocycles. The average molecular weight is 161 g/mol. The first-order valence-electron chi connectivity index (χ1n) is 4.46. The molecule has 0 atom stereocenters. The van der Waals surface area contributed by atoms with Crippen LogP contribution in [0, 0.1) is 0 Å². The molecule has 0 unspecified atom stereocenters. The molecule has 2 aliphatic heterocycles. The Hall–Kier alpha value is -1.18. The molecule has 2 heteroatoms. The number of fused-ring (bicyclic) bond motifs is 2. The van der Waals surface area contributed by atoms with E-state index in [0.29, 0.717) is 0 Å². The molecule has 0 spiro atoms.